The van der Waals surface area contributed by atoms with Crippen LogP contribution in [0.1, 0.15) is 34.7 Å². The molecule has 0 heterocycles. The number of hydrogen-bond donors (Lipinski definition) is 1. The molecular formula is C26H30ClN3O. The van der Waals surface area contributed by atoms with E-state index < -0.39 is 0 Å². The largest absolute Gasteiger partial charge is 0.489 e. The van der Waals surface area contributed by atoms with E-state index in [1.807, 2.05) is 50.4 Å². The average Bonchev–Trinajstić information content (AvgIpc) is 2.73. The lowest BCUT2D eigenvalue weighted by molar-refractivity contribution is 0.303. The Morgan fingerprint density at radius 3 is 2.52 bits per heavy atom. The maximum atomic E-state index is 6.14. The highest BCUT2D eigenvalue weighted by Gasteiger charge is 2.10. The van der Waals surface area contributed by atoms with Gasteiger partial charge in [-0.15, -0.1) is 0 Å². The van der Waals surface area contributed by atoms with Gasteiger partial charge in [0, 0.05) is 29.9 Å². The van der Waals surface area contributed by atoms with Gasteiger partial charge in [0.15, 0.2) is 0 Å². The van der Waals surface area contributed by atoms with Crippen molar-refractivity contribution in [3.05, 3.63) is 93.5 Å². The van der Waals surface area contributed by atoms with Gasteiger partial charge in [-0.2, -0.15) is 0 Å². The van der Waals surface area contributed by atoms with Crippen molar-refractivity contribution in [2.75, 3.05) is 18.6 Å². The highest BCUT2D eigenvalue weighted by molar-refractivity contribution is 6.30. The van der Waals surface area contributed by atoms with Crippen LogP contribution in [0.5, 0.6) is 5.75 Å². The van der Waals surface area contributed by atoms with E-state index >= 15 is 0 Å². The van der Waals surface area contributed by atoms with E-state index in [2.05, 4.69) is 38.1 Å². The highest BCUT2D eigenvalue weighted by Crippen LogP contribution is 2.26. The van der Waals surface area contributed by atoms with Gasteiger partial charge in [0.2, 0.25) is 0 Å². The van der Waals surface area contributed by atoms with Gasteiger partial charge in [-0.25, -0.2) is 5.84 Å². The second-order valence-corrected chi connectivity index (χ2v) is 8.24. The van der Waals surface area contributed by atoms with Crippen LogP contribution < -0.4 is 15.6 Å². The molecule has 0 radical (unpaired) electrons. The summed E-state index contributed by atoms with van der Waals surface area (Å²) in [6, 6.07) is 20.2. The number of halogens is 1. The predicted octanol–water partition coefficient (Wildman–Crippen LogP) is 5.90. The molecule has 0 saturated carbocycles. The molecule has 3 rings (SSSR count). The van der Waals surface area contributed by atoms with Crippen molar-refractivity contribution in [3.63, 3.8) is 0 Å². The third-order valence-corrected chi connectivity index (χ3v) is 5.60. The molecule has 4 nitrogen and oxygen atoms in total. The van der Waals surface area contributed by atoms with Crippen LogP contribution in [0.15, 0.2) is 65.7 Å². The minimum Gasteiger partial charge on any atom is -0.489 e. The van der Waals surface area contributed by atoms with Gasteiger partial charge in [0.1, 0.15) is 12.4 Å². The van der Waals surface area contributed by atoms with Crippen LogP contribution in [0.4, 0.5) is 5.69 Å². The minimum atomic E-state index is 0.469. The first kappa shape index (κ1) is 22.9. The van der Waals surface area contributed by atoms with Gasteiger partial charge in [-0.05, 0) is 85.8 Å². The van der Waals surface area contributed by atoms with Crippen molar-refractivity contribution in [1.82, 2.24) is 0 Å². The van der Waals surface area contributed by atoms with Crippen LogP contribution >= 0.6 is 11.6 Å². The number of nitrogens with two attached hydrogens (primary N) is 1. The molecule has 0 aliphatic carbocycles. The van der Waals surface area contributed by atoms with E-state index in [0.29, 0.717) is 6.61 Å². The zero-order valence-corrected chi connectivity index (χ0v) is 19.4. The van der Waals surface area contributed by atoms with Crippen molar-refractivity contribution in [3.8, 4) is 5.75 Å². The number of hydrazine groups is 1. The number of aliphatic imine (C=N–C) groups is 1. The average molecular weight is 436 g/mol. The fourth-order valence-electron chi connectivity index (χ4n) is 3.53. The lowest BCUT2D eigenvalue weighted by Crippen LogP contribution is -2.26. The Bertz CT molecular complexity index is 1080. The molecule has 5 heteroatoms. The van der Waals surface area contributed by atoms with Crippen LogP contribution in [0.3, 0.4) is 0 Å². The van der Waals surface area contributed by atoms with E-state index in [-0.39, 0.29) is 0 Å². The quantitative estimate of drug-likeness (QED) is 0.272. The molecule has 31 heavy (non-hydrogen) atoms. The van der Waals surface area contributed by atoms with E-state index in [0.717, 1.165) is 57.4 Å². The van der Waals surface area contributed by atoms with Crippen molar-refractivity contribution < 1.29 is 4.74 Å². The Morgan fingerprint density at radius 1 is 1.03 bits per heavy atom. The molecule has 0 bridgehead atoms. The van der Waals surface area contributed by atoms with E-state index in [1.165, 1.54) is 5.56 Å². The number of ether oxygens (including phenoxy) is 1. The Kier molecular flexibility index (Phi) is 7.72. The monoisotopic (exact) mass is 435 g/mol. The maximum Gasteiger partial charge on any atom is 0.122 e. The third kappa shape index (κ3) is 6.09. The van der Waals surface area contributed by atoms with Gasteiger partial charge >= 0.3 is 0 Å². The summed E-state index contributed by atoms with van der Waals surface area (Å²) in [5.41, 5.74) is 7.62. The van der Waals surface area contributed by atoms with Gasteiger partial charge in [0.25, 0.3) is 0 Å². The summed E-state index contributed by atoms with van der Waals surface area (Å²) in [6.07, 6.45) is 0.867. The Morgan fingerprint density at radius 2 is 1.81 bits per heavy atom. The number of aryl methyl sites for hydroxylation is 2. The predicted molar refractivity (Wildman–Crippen MR) is 132 cm³/mol. The molecule has 0 unspecified atom stereocenters. The van der Waals surface area contributed by atoms with Crippen molar-refractivity contribution >= 4 is 23.0 Å². The van der Waals surface area contributed by atoms with Gasteiger partial charge in [-0.1, -0.05) is 35.9 Å². The highest BCUT2D eigenvalue weighted by atomic mass is 35.5. The number of hydrogen-bond acceptors (Lipinski definition) is 4. The summed E-state index contributed by atoms with van der Waals surface area (Å²) in [7, 11) is 1.84. The second kappa shape index (κ2) is 10.5. The molecule has 0 spiro atoms. The summed E-state index contributed by atoms with van der Waals surface area (Å²) >= 11 is 6.06. The SMILES string of the molecule is CC(=NCCc1cccc(Cl)c1)c1ccc(OCc2c(C)cccc2N(C)N)c(C)c1. The molecule has 3 aromatic rings. The van der Waals surface area contributed by atoms with E-state index in [9.17, 15) is 0 Å². The smallest absolute Gasteiger partial charge is 0.122 e. The van der Waals surface area contributed by atoms with Crippen LogP contribution in [0.2, 0.25) is 5.02 Å². The minimum absolute atomic E-state index is 0.469. The Labute approximate surface area is 190 Å². The zero-order chi connectivity index (χ0) is 22.4. The molecule has 3 aromatic carbocycles. The number of anilines is 1. The van der Waals surface area contributed by atoms with Gasteiger partial charge < -0.3 is 9.75 Å². The molecule has 0 fully saturated rings. The molecule has 162 valence electrons. The molecule has 0 aliphatic heterocycles. The lowest BCUT2D eigenvalue weighted by Gasteiger charge is -2.20. The topological polar surface area (TPSA) is 50.8 Å². The molecule has 0 saturated heterocycles. The van der Waals surface area contributed by atoms with Crippen LogP contribution in [-0.4, -0.2) is 19.3 Å². The summed E-state index contributed by atoms with van der Waals surface area (Å²) in [5, 5.41) is 2.39. The molecule has 0 aliphatic rings. The molecular weight excluding hydrogens is 406 g/mol. The van der Waals surface area contributed by atoms with E-state index in [4.69, 9.17) is 27.2 Å². The van der Waals surface area contributed by atoms with E-state index in [1.54, 1.807) is 5.01 Å². The first-order chi connectivity index (χ1) is 14.8. The van der Waals surface area contributed by atoms with Crippen LogP contribution in [0, 0.1) is 13.8 Å². The van der Waals surface area contributed by atoms with Gasteiger partial charge in [0.05, 0.1) is 5.69 Å². The Balaban J connectivity index is 1.66. The van der Waals surface area contributed by atoms with Crippen molar-refractivity contribution in [1.29, 1.82) is 0 Å². The summed E-state index contributed by atoms with van der Waals surface area (Å²) in [5.74, 6) is 6.84. The third-order valence-electron chi connectivity index (χ3n) is 5.37. The molecule has 0 atom stereocenters. The van der Waals surface area contributed by atoms with Crippen LogP contribution in [-0.2, 0) is 13.0 Å². The fourth-order valence-corrected chi connectivity index (χ4v) is 3.74. The molecule has 0 aromatic heterocycles. The number of benzene rings is 3. The molecule has 2 N–H and O–H groups in total. The summed E-state index contributed by atoms with van der Waals surface area (Å²) < 4.78 is 6.14. The normalized spacial score (nSPS) is 11.5. The fraction of sp³-hybridized carbons (Fsp3) is 0.269. The first-order valence-corrected chi connectivity index (χ1v) is 10.8. The second-order valence-electron chi connectivity index (χ2n) is 7.80. The van der Waals surface area contributed by atoms with Gasteiger partial charge in [-0.3, -0.25) is 4.99 Å². The number of nitrogens with zero attached hydrogens (tertiary/aromatic N) is 2. The first-order valence-electron chi connectivity index (χ1n) is 10.4. The lowest BCUT2D eigenvalue weighted by atomic mass is 10.1. The maximum absolute atomic E-state index is 6.14. The van der Waals surface area contributed by atoms with Crippen molar-refractivity contribution in [2.45, 2.75) is 33.8 Å². The van der Waals surface area contributed by atoms with Crippen molar-refractivity contribution in [2.24, 2.45) is 10.8 Å². The summed E-state index contributed by atoms with van der Waals surface area (Å²) in [4.78, 5) is 4.74. The zero-order valence-electron chi connectivity index (χ0n) is 18.7. The number of rotatable bonds is 8. The van der Waals surface area contributed by atoms with Crippen LogP contribution in [0.25, 0.3) is 0 Å². The Hall–Kier alpha value is -2.82. The standard InChI is InChI=1S/C26H30ClN3O/c1-18-7-5-10-25(30(4)28)24(18)17-31-26-12-11-22(15-19(26)2)20(3)29-14-13-21-8-6-9-23(27)16-21/h5-12,15-16H,13-14,17,28H2,1-4H3. The summed E-state index contributed by atoms with van der Waals surface area (Å²) in [6.45, 7) is 7.38. The molecule has 0 amide bonds.